The van der Waals surface area contributed by atoms with Gasteiger partial charge in [-0.05, 0) is 44.0 Å². The minimum absolute atomic E-state index is 0.000164. The fraction of sp³-hybridized carbons (Fsp3) is 0.450. The van der Waals surface area contributed by atoms with Crippen molar-refractivity contribution >= 4 is 15.9 Å². The molecule has 0 aliphatic carbocycles. The molecule has 2 atom stereocenters. The van der Waals surface area contributed by atoms with Crippen LogP contribution in [0.15, 0.2) is 41.3 Å². The number of halogens is 5. The molecule has 176 valence electrons. The third-order valence-corrected chi connectivity index (χ3v) is 7.90. The molecule has 1 saturated heterocycles. The van der Waals surface area contributed by atoms with E-state index in [9.17, 15) is 30.4 Å². The Labute approximate surface area is 181 Å². The molecule has 32 heavy (non-hydrogen) atoms. The number of benzene rings is 1. The third-order valence-electron chi connectivity index (χ3n) is 5.36. The molecule has 0 amide bonds. The summed E-state index contributed by atoms with van der Waals surface area (Å²) >= 11 is 0. The molecule has 6 nitrogen and oxygen atoms in total. The lowest BCUT2D eigenvalue weighted by Gasteiger charge is -2.37. The zero-order valence-corrected chi connectivity index (χ0v) is 18.0. The molecule has 12 heteroatoms. The summed E-state index contributed by atoms with van der Waals surface area (Å²) in [6.07, 6.45) is -7.00. The molecule has 0 saturated carbocycles. The number of ether oxygens (including phenoxy) is 2. The predicted octanol–water partition coefficient (Wildman–Crippen LogP) is 4.83. The Bertz CT molecular complexity index is 1110. The topological polar surface area (TPSA) is 70.4 Å². The maximum atomic E-state index is 13.3. The summed E-state index contributed by atoms with van der Waals surface area (Å²) in [6, 6.07) is 4.94. The fourth-order valence-electron chi connectivity index (χ4n) is 3.65. The zero-order valence-electron chi connectivity index (χ0n) is 17.2. The zero-order chi connectivity index (χ0) is 23.7. The lowest BCUT2D eigenvalue weighted by molar-refractivity contribution is -0.137. The van der Waals surface area contributed by atoms with Gasteiger partial charge < -0.3 is 9.47 Å². The van der Waals surface area contributed by atoms with Crippen molar-refractivity contribution < 1.29 is 39.8 Å². The number of methoxy groups -OCH3 is 1. The highest BCUT2D eigenvalue weighted by atomic mass is 32.2. The van der Waals surface area contributed by atoms with Crippen LogP contribution in [-0.4, -0.2) is 36.7 Å². The summed E-state index contributed by atoms with van der Waals surface area (Å²) < 4.78 is 102. The Hall–Kier alpha value is -2.31. The Morgan fingerprint density at radius 1 is 1.34 bits per heavy atom. The van der Waals surface area contributed by atoms with Crippen LogP contribution < -0.4 is 0 Å². The van der Waals surface area contributed by atoms with Crippen LogP contribution >= 0.6 is 0 Å². The van der Waals surface area contributed by atoms with E-state index >= 15 is 0 Å². The van der Waals surface area contributed by atoms with Gasteiger partial charge in [-0.1, -0.05) is 6.07 Å². The predicted molar refractivity (Wildman–Crippen MR) is 104 cm³/mol. The molecule has 1 fully saturated rings. The standard InChI is InChI=1S/C20H21F5N2O4S/c1-19(32(28,29)15-5-3-4-13(8-15)20(23,24)25)6-7-31-17(11-19)16-9-14(10-18(21)22)26-27(16)12-30-2/h3-5,8-10,17H,6-7,11-12H2,1-2H3. The Kier molecular flexibility index (Phi) is 6.78. The molecule has 2 aromatic rings. The van der Waals surface area contributed by atoms with Crippen molar-refractivity contribution in [2.45, 2.75) is 48.4 Å². The second-order valence-electron chi connectivity index (χ2n) is 7.64. The van der Waals surface area contributed by atoms with E-state index in [2.05, 4.69) is 5.10 Å². The molecule has 0 spiro atoms. The van der Waals surface area contributed by atoms with E-state index in [4.69, 9.17) is 9.47 Å². The molecule has 1 aromatic carbocycles. The second kappa shape index (κ2) is 8.91. The van der Waals surface area contributed by atoms with Gasteiger partial charge in [0.25, 0.3) is 6.08 Å². The SMILES string of the molecule is COCn1nc(C=C(F)F)cc1C1CC(C)(S(=O)(=O)c2cccc(C(F)(F)F)c2)CCO1. The van der Waals surface area contributed by atoms with Gasteiger partial charge in [0.15, 0.2) is 9.84 Å². The van der Waals surface area contributed by atoms with Crippen molar-refractivity contribution in [1.82, 2.24) is 9.78 Å². The smallest absolute Gasteiger partial charge is 0.372 e. The van der Waals surface area contributed by atoms with Gasteiger partial charge in [0.05, 0.1) is 26.6 Å². The van der Waals surface area contributed by atoms with Crippen LogP contribution in [0.3, 0.4) is 0 Å². The van der Waals surface area contributed by atoms with Gasteiger partial charge in [-0.15, -0.1) is 0 Å². The van der Waals surface area contributed by atoms with Gasteiger partial charge in [0.1, 0.15) is 12.8 Å². The largest absolute Gasteiger partial charge is 0.416 e. The van der Waals surface area contributed by atoms with Crippen molar-refractivity contribution in [1.29, 1.82) is 0 Å². The molecule has 1 aromatic heterocycles. The van der Waals surface area contributed by atoms with Crippen LogP contribution in [0.5, 0.6) is 0 Å². The van der Waals surface area contributed by atoms with Gasteiger partial charge in [-0.2, -0.15) is 27.1 Å². The molecule has 2 heterocycles. The maximum Gasteiger partial charge on any atom is 0.416 e. The highest BCUT2D eigenvalue weighted by Crippen LogP contribution is 2.43. The summed E-state index contributed by atoms with van der Waals surface area (Å²) in [5.41, 5.74) is -0.799. The van der Waals surface area contributed by atoms with E-state index < -0.39 is 43.4 Å². The number of hydrogen-bond donors (Lipinski definition) is 0. The average molecular weight is 480 g/mol. The van der Waals surface area contributed by atoms with Crippen molar-refractivity contribution in [3.63, 3.8) is 0 Å². The van der Waals surface area contributed by atoms with Crippen molar-refractivity contribution in [2.75, 3.05) is 13.7 Å². The second-order valence-corrected chi connectivity index (χ2v) is 10.1. The van der Waals surface area contributed by atoms with Crippen LogP contribution in [0.1, 0.15) is 42.8 Å². The molecule has 0 N–H and O–H groups in total. The molecular formula is C20H21F5N2O4S. The molecular weight excluding hydrogens is 459 g/mol. The van der Waals surface area contributed by atoms with Crippen LogP contribution in [0.2, 0.25) is 0 Å². The Balaban J connectivity index is 1.97. The number of aromatic nitrogens is 2. The van der Waals surface area contributed by atoms with Gasteiger partial charge in [-0.3, -0.25) is 0 Å². The first kappa shape index (κ1) is 24.3. The minimum Gasteiger partial charge on any atom is -0.372 e. The summed E-state index contributed by atoms with van der Waals surface area (Å²) in [5.74, 6) is 0. The van der Waals surface area contributed by atoms with Crippen molar-refractivity contribution in [3.8, 4) is 0 Å². The van der Waals surface area contributed by atoms with E-state index in [1.807, 2.05) is 0 Å². The molecule has 0 radical (unpaired) electrons. The molecule has 1 aliphatic heterocycles. The van der Waals surface area contributed by atoms with E-state index in [1.54, 1.807) is 0 Å². The van der Waals surface area contributed by atoms with Crippen LogP contribution in [0, 0.1) is 0 Å². The molecule has 3 rings (SSSR count). The van der Waals surface area contributed by atoms with E-state index in [0.717, 1.165) is 18.2 Å². The lowest BCUT2D eigenvalue weighted by Crippen LogP contribution is -2.42. The van der Waals surface area contributed by atoms with Crippen molar-refractivity contribution in [3.05, 3.63) is 53.4 Å². The van der Waals surface area contributed by atoms with Crippen LogP contribution in [0.25, 0.3) is 6.08 Å². The normalized spacial score (nSPS) is 22.0. The highest BCUT2D eigenvalue weighted by Gasteiger charge is 2.46. The third kappa shape index (κ3) is 4.86. The summed E-state index contributed by atoms with van der Waals surface area (Å²) in [5, 5.41) is 4.00. The summed E-state index contributed by atoms with van der Waals surface area (Å²) in [4.78, 5) is -0.441. The highest BCUT2D eigenvalue weighted by molar-refractivity contribution is 7.92. The number of rotatable bonds is 6. The van der Waals surface area contributed by atoms with Gasteiger partial charge >= 0.3 is 6.18 Å². The number of alkyl halides is 3. The van der Waals surface area contributed by atoms with Crippen molar-refractivity contribution in [2.24, 2.45) is 0 Å². The van der Waals surface area contributed by atoms with Gasteiger partial charge in [0, 0.05) is 19.8 Å². The lowest BCUT2D eigenvalue weighted by atomic mass is 9.94. The number of sulfone groups is 1. The van der Waals surface area contributed by atoms with E-state index in [0.29, 0.717) is 17.8 Å². The summed E-state index contributed by atoms with van der Waals surface area (Å²) in [7, 11) is -2.82. The van der Waals surface area contributed by atoms with E-state index in [-0.39, 0.29) is 31.9 Å². The average Bonchev–Trinajstić information content (AvgIpc) is 3.09. The number of nitrogens with zero attached hydrogens (tertiary/aromatic N) is 2. The molecule has 0 bridgehead atoms. The van der Waals surface area contributed by atoms with Gasteiger partial charge in [-0.25, -0.2) is 13.1 Å². The quantitative estimate of drug-likeness (QED) is 0.554. The first-order valence-corrected chi connectivity index (χ1v) is 11.0. The van der Waals surface area contributed by atoms with E-state index in [1.165, 1.54) is 24.8 Å². The minimum atomic E-state index is -4.69. The monoisotopic (exact) mass is 480 g/mol. The van der Waals surface area contributed by atoms with Crippen LogP contribution in [0.4, 0.5) is 22.0 Å². The summed E-state index contributed by atoms with van der Waals surface area (Å²) in [6.45, 7) is 1.35. The molecule has 1 aliphatic rings. The first-order chi connectivity index (χ1) is 14.9. The Morgan fingerprint density at radius 2 is 2.06 bits per heavy atom. The number of hydrogen-bond acceptors (Lipinski definition) is 5. The van der Waals surface area contributed by atoms with Crippen LogP contribution in [-0.2, 0) is 32.2 Å². The molecule has 2 unspecified atom stereocenters. The Morgan fingerprint density at radius 3 is 2.69 bits per heavy atom. The van der Waals surface area contributed by atoms with Gasteiger partial charge in [0.2, 0.25) is 0 Å². The first-order valence-electron chi connectivity index (χ1n) is 9.50. The maximum absolute atomic E-state index is 13.3. The fourth-order valence-corrected chi connectivity index (χ4v) is 5.48.